The maximum atomic E-state index is 13.8. The smallest absolute Gasteiger partial charge is 0.254 e. The largest absolute Gasteiger partial charge is 0.366 e. The van der Waals surface area contributed by atoms with E-state index in [9.17, 15) is 22.4 Å². The Hall–Kier alpha value is -9.73. The number of aromatic nitrogens is 12. The van der Waals surface area contributed by atoms with Crippen molar-refractivity contribution in [3.63, 3.8) is 0 Å². The molecule has 3 aliphatic heterocycles. The van der Waals surface area contributed by atoms with Crippen LogP contribution < -0.4 is 27.0 Å². The first-order valence-electron chi connectivity index (χ1n) is 34.3. The van der Waals surface area contributed by atoms with Gasteiger partial charge in [-0.25, -0.2) is 31.6 Å². The molecule has 6 atom stereocenters. The lowest BCUT2D eigenvalue weighted by Crippen LogP contribution is -2.27. The molecule has 6 aliphatic rings. The highest BCUT2D eigenvalue weighted by molar-refractivity contribution is 6.33. The molecule has 3 saturated carbocycles. The Morgan fingerprint density at radius 2 is 0.827 bits per heavy atom. The highest BCUT2D eigenvalue weighted by Gasteiger charge is 2.57. The molecule has 0 bridgehead atoms. The number of halogens is 7. The second-order valence-corrected chi connectivity index (χ2v) is 28.4. The third-order valence-corrected chi connectivity index (χ3v) is 19.8. The summed E-state index contributed by atoms with van der Waals surface area (Å²) in [5, 5.41) is 26.6. The molecule has 3 aliphatic carbocycles. The normalized spacial score (nSPS) is 20.9. The zero-order valence-electron chi connectivity index (χ0n) is 58.1. The Morgan fingerprint density at radius 1 is 0.433 bits per heavy atom. The third-order valence-electron chi connectivity index (χ3n) is 19.2. The number of hydrogen-bond acceptors (Lipinski definition) is 17. The van der Waals surface area contributed by atoms with Crippen LogP contribution in [0.4, 0.5) is 46.4 Å². The van der Waals surface area contributed by atoms with Crippen LogP contribution >= 0.6 is 34.8 Å². The summed E-state index contributed by atoms with van der Waals surface area (Å²) in [5.74, 6) is 4.07. The number of benzene rings is 5. The van der Waals surface area contributed by atoms with Gasteiger partial charge in [0.1, 0.15) is 44.5 Å². The minimum atomic E-state index is -0.919. The number of aryl methyl sites for hydroxylation is 6. The molecule has 28 heteroatoms. The van der Waals surface area contributed by atoms with Crippen LogP contribution in [-0.4, -0.2) is 138 Å². The number of piperidine rings is 3. The van der Waals surface area contributed by atoms with Crippen molar-refractivity contribution in [1.29, 1.82) is 0 Å². The van der Waals surface area contributed by atoms with Gasteiger partial charge in [0.25, 0.3) is 17.8 Å². The number of carbonyl (C=O) groups is 1. The minimum Gasteiger partial charge on any atom is -0.366 e. The summed E-state index contributed by atoms with van der Waals surface area (Å²) in [6.45, 7) is 21.5. The summed E-state index contributed by atoms with van der Waals surface area (Å²) in [4.78, 5) is 43.8. The predicted octanol–water partition coefficient (Wildman–Crippen LogP) is 13.5. The molecule has 538 valence electrons. The lowest BCUT2D eigenvalue weighted by Gasteiger charge is -2.20. The average molecular weight is 1470 g/mol. The highest BCUT2D eigenvalue weighted by Crippen LogP contribution is 2.49. The summed E-state index contributed by atoms with van der Waals surface area (Å²) in [7, 11) is 0. The van der Waals surface area contributed by atoms with E-state index in [1.54, 1.807) is 26.2 Å². The maximum Gasteiger partial charge on any atom is 0.254 e. The average Bonchev–Trinajstić information content (AvgIpc) is 1.59. The zero-order chi connectivity index (χ0) is 72.9. The van der Waals surface area contributed by atoms with E-state index in [1.807, 2.05) is 65.8 Å². The second-order valence-electron chi connectivity index (χ2n) is 27.2. The van der Waals surface area contributed by atoms with E-state index in [0.717, 1.165) is 122 Å². The van der Waals surface area contributed by atoms with Gasteiger partial charge in [-0.3, -0.25) is 19.5 Å². The van der Waals surface area contributed by atoms with E-state index < -0.39 is 23.3 Å². The van der Waals surface area contributed by atoms with Crippen LogP contribution in [0.15, 0.2) is 164 Å². The van der Waals surface area contributed by atoms with Gasteiger partial charge in [-0.2, -0.15) is 45.2 Å². The van der Waals surface area contributed by atoms with Crippen LogP contribution in [-0.2, 0) is 24.4 Å². The number of fused-ring (bicyclic) bond motifs is 3. The standard InChI is InChI=1S/C27H27F2N7.C21H23ClN6.C12H16N2.C9H8Cl2N4.C7H5F2NO/c1-16-10-17(2)36(34-16)27-32-24(30-19-8-9-22(28)23(29)11-19)12-25(33-27)31-26-20-14-35(15-21(20)26)13-18-6-4-3-5-7-18;1-13-8-14(2)28(26-13)21-23-18(22)9-19(25-21)24-20-16-11-27(12-17(16)20)10-15-6-4-3-5-7-15;13-12-10-7-14(8-11(10)12)6-9-4-2-1-3-5-9;1-5-3-6(2)15(14-5)9-12-7(10)4-8(11)13-9;8-5-1-2-7(10-4-11)6(9)3-5/h3-12,20-21,26H,13-15H2,1-2H3,(H2,30,31,32,33);3-9,16-17,20H,10-12H2,1-2H3,(H,23,24,25);1-5,10-12H,6-8,13H2;3-4H,1-2H3;1-4H,(H,10,11). The Balaban J connectivity index is 0.000000124. The molecule has 6 fully saturated rings. The van der Waals surface area contributed by atoms with Crippen LogP contribution in [0.2, 0.25) is 15.5 Å². The molecule has 5 aromatic carbocycles. The number of nitrogens with zero attached hydrogens (tertiary/aromatic N) is 15. The van der Waals surface area contributed by atoms with Gasteiger partial charge in [-0.1, -0.05) is 126 Å². The fraction of sp³-hybridized carbons (Fsp3) is 0.316. The lowest BCUT2D eigenvalue weighted by molar-refractivity contribution is -0.105. The van der Waals surface area contributed by atoms with E-state index in [2.05, 4.69) is 161 Å². The molecule has 6 aromatic heterocycles. The van der Waals surface area contributed by atoms with E-state index >= 15 is 0 Å². The molecular weight excluding hydrogens is 1390 g/mol. The van der Waals surface area contributed by atoms with Crippen molar-refractivity contribution in [2.24, 2.45) is 41.2 Å². The molecule has 17 rings (SSSR count). The van der Waals surface area contributed by atoms with Crippen LogP contribution in [0.1, 0.15) is 50.9 Å². The fourth-order valence-corrected chi connectivity index (χ4v) is 14.8. The van der Waals surface area contributed by atoms with Crippen molar-refractivity contribution >= 4 is 70.0 Å². The van der Waals surface area contributed by atoms with E-state index in [4.69, 9.17) is 45.5 Å². The molecule has 3 saturated heterocycles. The van der Waals surface area contributed by atoms with Gasteiger partial charge in [0.15, 0.2) is 11.6 Å². The zero-order valence-corrected chi connectivity index (χ0v) is 60.3. The number of carbonyl (C=O) groups excluding carboxylic acids is 1. The van der Waals surface area contributed by atoms with Crippen molar-refractivity contribution in [3.05, 3.63) is 253 Å². The maximum absolute atomic E-state index is 13.8. The Morgan fingerprint density at radius 3 is 1.23 bits per heavy atom. The van der Waals surface area contributed by atoms with Gasteiger partial charge in [0, 0.05) is 130 Å². The number of likely N-dealkylation sites (tertiary alicyclic amines) is 3. The summed E-state index contributed by atoms with van der Waals surface area (Å²) in [6, 6.07) is 50.8. The highest BCUT2D eigenvalue weighted by atomic mass is 35.5. The third kappa shape index (κ3) is 18.2. The van der Waals surface area contributed by atoms with Crippen LogP contribution in [0, 0.1) is 100 Å². The summed E-state index contributed by atoms with van der Waals surface area (Å²) < 4.78 is 57.0. The van der Waals surface area contributed by atoms with Crippen molar-refractivity contribution in [2.75, 3.05) is 60.5 Å². The molecule has 6 unspecified atom stereocenters. The molecule has 11 aromatic rings. The number of amides is 1. The first-order chi connectivity index (χ1) is 50.1. The van der Waals surface area contributed by atoms with Crippen LogP contribution in [0.3, 0.4) is 0 Å². The molecular formula is C76H79Cl3F4N20O. The van der Waals surface area contributed by atoms with Gasteiger partial charge in [-0.05, 0) is 136 Å². The molecule has 6 N–H and O–H groups in total. The second kappa shape index (κ2) is 32.1. The minimum absolute atomic E-state index is 0.0265. The molecule has 104 heavy (non-hydrogen) atoms. The van der Waals surface area contributed by atoms with Crippen molar-refractivity contribution < 1.29 is 22.4 Å². The van der Waals surface area contributed by atoms with Gasteiger partial charge in [-0.15, -0.1) is 0 Å². The Labute approximate surface area is 615 Å². The monoisotopic (exact) mass is 1470 g/mol. The Bertz CT molecular complexity index is 4750. The number of nitrogens with two attached hydrogens (primary N) is 1. The number of hydrogen-bond donors (Lipinski definition) is 5. The van der Waals surface area contributed by atoms with E-state index in [1.165, 1.54) is 41.9 Å². The fourth-order valence-electron chi connectivity index (χ4n) is 14.2. The molecule has 0 spiro atoms. The molecule has 21 nitrogen and oxygen atoms in total. The lowest BCUT2D eigenvalue weighted by atomic mass is 10.2. The van der Waals surface area contributed by atoms with E-state index in [0.29, 0.717) is 105 Å². The van der Waals surface area contributed by atoms with Crippen LogP contribution in [0.5, 0.6) is 0 Å². The van der Waals surface area contributed by atoms with Crippen molar-refractivity contribution in [2.45, 2.75) is 79.3 Å². The number of nitrogens with one attached hydrogen (secondary N) is 4. The topological polar surface area (TPSA) is 232 Å². The molecule has 9 heterocycles. The molecule has 1 amide bonds. The summed E-state index contributed by atoms with van der Waals surface area (Å²) >= 11 is 17.8. The first kappa shape index (κ1) is 72.6. The Kier molecular flexibility index (Phi) is 22.4. The first-order valence-corrected chi connectivity index (χ1v) is 35.5. The number of rotatable bonds is 17. The van der Waals surface area contributed by atoms with Gasteiger partial charge in [0.05, 0.1) is 22.8 Å². The summed E-state index contributed by atoms with van der Waals surface area (Å²) in [5.41, 5.74) is 15.9. The SMILES string of the molecule is Cc1cc(C)n(-c2nc(Cl)cc(Cl)n2)n1.Cc1cc(C)n(-c2nc(Cl)cc(NC3C4CN(Cc5ccccc5)CC43)n2)n1.Cc1cc(C)n(-c2nc(Nc3ccc(F)c(F)c3)cc(NC3C4CN(Cc5ccccc5)CC43)n2)n1.NC1C2CN(Cc3ccccc3)CC12.O=CNc1ccc(F)cc1F. The van der Waals surface area contributed by atoms with Crippen LogP contribution in [0.25, 0.3) is 17.8 Å². The molecule has 0 radical (unpaired) electrons. The van der Waals surface area contributed by atoms with Crippen molar-refractivity contribution in [3.8, 4) is 17.8 Å². The predicted molar refractivity (Wildman–Crippen MR) is 395 cm³/mol. The van der Waals surface area contributed by atoms with Gasteiger partial charge < -0.3 is 27.0 Å². The quantitative estimate of drug-likeness (QED) is 0.0324. The van der Waals surface area contributed by atoms with Gasteiger partial charge in [0.2, 0.25) is 6.41 Å². The van der Waals surface area contributed by atoms with Crippen molar-refractivity contribution in [1.82, 2.24) is 73.9 Å². The number of anilines is 5. The van der Waals surface area contributed by atoms with Gasteiger partial charge >= 0.3 is 0 Å². The van der Waals surface area contributed by atoms with E-state index in [-0.39, 0.29) is 5.69 Å². The summed E-state index contributed by atoms with van der Waals surface area (Å²) in [6.07, 6.45) is 0.330.